The van der Waals surface area contributed by atoms with Crippen molar-refractivity contribution in [2.75, 3.05) is 32.2 Å². The van der Waals surface area contributed by atoms with Gasteiger partial charge >= 0.3 is 0 Å². The fourth-order valence-corrected chi connectivity index (χ4v) is 3.31. The molecule has 8 heteroatoms. The number of anilines is 1. The van der Waals surface area contributed by atoms with Crippen molar-refractivity contribution < 1.29 is 14.3 Å². The highest BCUT2D eigenvalue weighted by molar-refractivity contribution is 14.0. The lowest BCUT2D eigenvalue weighted by atomic mass is 10.1. The topological polar surface area (TPSA) is 89.2 Å². The molecular weight excluding hydrogens is 495 g/mol. The molecule has 0 unspecified atom stereocenters. The van der Waals surface area contributed by atoms with E-state index in [0.29, 0.717) is 37.0 Å². The molecule has 2 aromatic carbocycles. The smallest absolute Gasteiger partial charge is 0.227 e. The molecular formula is C22H29IN4O3. The first kappa shape index (κ1) is 23.8. The number of benzene rings is 2. The van der Waals surface area contributed by atoms with Crippen LogP contribution in [0.3, 0.4) is 0 Å². The Labute approximate surface area is 194 Å². The number of nitrogens with zero attached hydrogens (tertiary/aromatic N) is 2. The van der Waals surface area contributed by atoms with Crippen molar-refractivity contribution in [1.82, 2.24) is 5.32 Å². The minimum atomic E-state index is 0. The lowest BCUT2D eigenvalue weighted by Gasteiger charge is -2.15. The Hall–Kier alpha value is -2.49. The summed E-state index contributed by atoms with van der Waals surface area (Å²) in [5.41, 5.74) is 9.09. The van der Waals surface area contributed by atoms with Crippen LogP contribution in [-0.4, -0.2) is 39.2 Å². The summed E-state index contributed by atoms with van der Waals surface area (Å²) in [5, 5.41) is 3.13. The Balaban J connectivity index is 0.00000320. The van der Waals surface area contributed by atoms with E-state index in [2.05, 4.69) is 10.3 Å². The molecule has 3 rings (SSSR count). The van der Waals surface area contributed by atoms with Crippen LogP contribution in [0, 0.1) is 0 Å². The van der Waals surface area contributed by atoms with Crippen molar-refractivity contribution in [2.24, 2.45) is 10.7 Å². The van der Waals surface area contributed by atoms with Crippen LogP contribution in [0.5, 0.6) is 11.5 Å². The summed E-state index contributed by atoms with van der Waals surface area (Å²) in [4.78, 5) is 18.0. The molecule has 1 aliphatic rings. The molecule has 1 amide bonds. The van der Waals surface area contributed by atoms with Crippen LogP contribution in [0.4, 0.5) is 5.69 Å². The molecule has 0 bridgehead atoms. The quantitative estimate of drug-likeness (QED) is 0.315. The SMILES string of the molecule is COc1ccc(CCNC(N)=NCc2ccc(N3CCCC3=O)cc2)cc1OC.I. The van der Waals surface area contributed by atoms with Crippen LogP contribution in [0.1, 0.15) is 24.0 Å². The van der Waals surface area contributed by atoms with Gasteiger partial charge in [-0.05, 0) is 48.2 Å². The molecule has 7 nitrogen and oxygen atoms in total. The largest absolute Gasteiger partial charge is 0.493 e. The van der Waals surface area contributed by atoms with E-state index in [1.54, 1.807) is 14.2 Å². The van der Waals surface area contributed by atoms with E-state index in [9.17, 15) is 4.79 Å². The number of rotatable bonds is 8. The van der Waals surface area contributed by atoms with Crippen LogP contribution >= 0.6 is 24.0 Å². The lowest BCUT2D eigenvalue weighted by Crippen LogP contribution is -2.33. The molecule has 3 N–H and O–H groups in total. The minimum absolute atomic E-state index is 0. The number of nitrogens with one attached hydrogen (secondary N) is 1. The van der Waals surface area contributed by atoms with Gasteiger partial charge < -0.3 is 25.4 Å². The third kappa shape index (κ3) is 6.25. The Morgan fingerprint density at radius 3 is 2.43 bits per heavy atom. The monoisotopic (exact) mass is 524 g/mol. The van der Waals surface area contributed by atoms with Crippen LogP contribution in [0.2, 0.25) is 0 Å². The first-order valence-electron chi connectivity index (χ1n) is 9.74. The van der Waals surface area contributed by atoms with E-state index >= 15 is 0 Å². The zero-order valence-corrected chi connectivity index (χ0v) is 19.7. The van der Waals surface area contributed by atoms with Crippen LogP contribution in [0.25, 0.3) is 0 Å². The highest BCUT2D eigenvalue weighted by Crippen LogP contribution is 2.27. The second-order valence-corrected chi connectivity index (χ2v) is 6.88. The number of carbonyl (C=O) groups is 1. The summed E-state index contributed by atoms with van der Waals surface area (Å²) in [7, 11) is 3.25. The summed E-state index contributed by atoms with van der Waals surface area (Å²) in [6, 6.07) is 13.8. The average molecular weight is 524 g/mol. The van der Waals surface area contributed by atoms with Gasteiger partial charge in [0.2, 0.25) is 5.91 Å². The molecule has 0 saturated carbocycles. The van der Waals surface area contributed by atoms with Gasteiger partial charge in [-0.25, -0.2) is 4.99 Å². The van der Waals surface area contributed by atoms with E-state index < -0.39 is 0 Å². The maximum absolute atomic E-state index is 11.8. The number of halogens is 1. The van der Waals surface area contributed by atoms with Crippen molar-refractivity contribution in [2.45, 2.75) is 25.8 Å². The van der Waals surface area contributed by atoms with Gasteiger partial charge in [0.25, 0.3) is 0 Å². The highest BCUT2D eigenvalue weighted by atomic mass is 127. The zero-order valence-electron chi connectivity index (χ0n) is 17.4. The molecule has 162 valence electrons. The molecule has 2 aromatic rings. The number of ether oxygens (including phenoxy) is 2. The molecule has 0 radical (unpaired) electrons. The van der Waals surface area contributed by atoms with Crippen molar-refractivity contribution in [3.8, 4) is 11.5 Å². The number of nitrogens with two attached hydrogens (primary N) is 1. The number of aliphatic imine (C=N–C) groups is 1. The molecule has 0 aliphatic carbocycles. The number of carbonyl (C=O) groups excluding carboxylic acids is 1. The number of methoxy groups -OCH3 is 2. The zero-order chi connectivity index (χ0) is 20.6. The maximum Gasteiger partial charge on any atom is 0.227 e. The van der Waals surface area contributed by atoms with Crippen molar-refractivity contribution >= 4 is 41.5 Å². The van der Waals surface area contributed by atoms with Crippen LogP contribution in [-0.2, 0) is 17.8 Å². The molecule has 0 atom stereocenters. The molecule has 30 heavy (non-hydrogen) atoms. The van der Waals surface area contributed by atoms with E-state index in [-0.39, 0.29) is 29.9 Å². The molecule has 1 aliphatic heterocycles. The van der Waals surface area contributed by atoms with E-state index in [1.807, 2.05) is 47.4 Å². The minimum Gasteiger partial charge on any atom is -0.493 e. The van der Waals surface area contributed by atoms with E-state index in [4.69, 9.17) is 15.2 Å². The Kier molecular flexibility index (Phi) is 9.22. The normalized spacial score (nSPS) is 13.7. The average Bonchev–Trinajstić information content (AvgIpc) is 3.18. The number of amides is 1. The van der Waals surface area contributed by atoms with Gasteiger partial charge in [-0.3, -0.25) is 4.79 Å². The van der Waals surface area contributed by atoms with Crippen molar-refractivity contribution in [1.29, 1.82) is 0 Å². The summed E-state index contributed by atoms with van der Waals surface area (Å²) in [6.45, 7) is 1.96. The second kappa shape index (κ2) is 11.6. The van der Waals surface area contributed by atoms with Gasteiger partial charge in [-0.2, -0.15) is 0 Å². The summed E-state index contributed by atoms with van der Waals surface area (Å²) < 4.78 is 10.6. The highest BCUT2D eigenvalue weighted by Gasteiger charge is 2.21. The molecule has 0 aromatic heterocycles. The fourth-order valence-electron chi connectivity index (χ4n) is 3.31. The third-order valence-corrected chi connectivity index (χ3v) is 4.92. The predicted molar refractivity (Wildman–Crippen MR) is 130 cm³/mol. The Morgan fingerprint density at radius 1 is 1.10 bits per heavy atom. The number of hydrogen-bond donors (Lipinski definition) is 2. The first-order valence-corrected chi connectivity index (χ1v) is 9.74. The van der Waals surface area contributed by atoms with Gasteiger partial charge in [0.1, 0.15) is 0 Å². The van der Waals surface area contributed by atoms with Crippen LogP contribution < -0.4 is 25.4 Å². The molecule has 1 saturated heterocycles. The van der Waals surface area contributed by atoms with Gasteiger partial charge in [0.05, 0.1) is 20.8 Å². The summed E-state index contributed by atoms with van der Waals surface area (Å²) >= 11 is 0. The van der Waals surface area contributed by atoms with Gasteiger partial charge in [-0.15, -0.1) is 24.0 Å². The number of guanidine groups is 1. The van der Waals surface area contributed by atoms with Gasteiger partial charge in [0, 0.05) is 25.2 Å². The lowest BCUT2D eigenvalue weighted by molar-refractivity contribution is -0.117. The predicted octanol–water partition coefficient (Wildman–Crippen LogP) is 3.10. The van der Waals surface area contributed by atoms with Gasteiger partial charge in [-0.1, -0.05) is 18.2 Å². The van der Waals surface area contributed by atoms with Crippen LogP contribution in [0.15, 0.2) is 47.5 Å². The standard InChI is InChI=1S/C22H28N4O3.HI/c1-28-19-10-7-16(14-20(19)29-2)11-12-24-22(23)25-15-17-5-8-18(9-6-17)26-13-3-4-21(26)27;/h5-10,14H,3-4,11-13,15H2,1-2H3,(H3,23,24,25);1H. The third-order valence-electron chi connectivity index (χ3n) is 4.92. The molecule has 0 spiro atoms. The Bertz CT molecular complexity index is 871. The number of hydrogen-bond acceptors (Lipinski definition) is 4. The van der Waals surface area contributed by atoms with Gasteiger partial charge in [0.15, 0.2) is 17.5 Å². The van der Waals surface area contributed by atoms with E-state index in [0.717, 1.165) is 36.2 Å². The summed E-state index contributed by atoms with van der Waals surface area (Å²) in [5.74, 6) is 2.03. The first-order chi connectivity index (χ1) is 14.1. The summed E-state index contributed by atoms with van der Waals surface area (Å²) in [6.07, 6.45) is 2.35. The van der Waals surface area contributed by atoms with E-state index in [1.165, 1.54) is 0 Å². The van der Waals surface area contributed by atoms with Crippen molar-refractivity contribution in [3.63, 3.8) is 0 Å². The molecule has 1 heterocycles. The molecule has 1 fully saturated rings. The van der Waals surface area contributed by atoms with Crippen molar-refractivity contribution in [3.05, 3.63) is 53.6 Å². The fraction of sp³-hybridized carbons (Fsp3) is 0.364. The maximum atomic E-state index is 11.8. The second-order valence-electron chi connectivity index (χ2n) is 6.88. The Morgan fingerprint density at radius 2 is 1.80 bits per heavy atom.